The Morgan fingerprint density at radius 2 is 1.33 bits per heavy atom. The zero-order valence-electron chi connectivity index (χ0n) is 13.8. The number of para-hydroxylation sites is 1. The Balaban J connectivity index is 2.07. The van der Waals surface area contributed by atoms with Crippen LogP contribution in [0.3, 0.4) is 0 Å². The predicted octanol–water partition coefficient (Wildman–Crippen LogP) is 5.58. The fourth-order valence-electron chi connectivity index (χ4n) is 3.30. The highest BCUT2D eigenvalue weighted by atomic mass is 14.8. The zero-order valence-corrected chi connectivity index (χ0v) is 13.8. The average molecular weight is 310 g/mol. The standard InChI is InChI=1S/C22H18N2/c1-15-8-3-4-10-17(15)21-16(2)9-7-12-19(21)22-18-11-5-6-13-20(18)23-14-24-22/h3-14H,1-2H3. The highest BCUT2D eigenvalue weighted by molar-refractivity contribution is 5.97. The minimum absolute atomic E-state index is 0.972. The summed E-state index contributed by atoms with van der Waals surface area (Å²) in [7, 11) is 0. The molecule has 3 aromatic carbocycles. The van der Waals surface area contributed by atoms with Crippen molar-refractivity contribution in [3.63, 3.8) is 0 Å². The van der Waals surface area contributed by atoms with Crippen molar-refractivity contribution in [3.05, 3.63) is 84.2 Å². The lowest BCUT2D eigenvalue weighted by molar-refractivity contribution is 1.22. The van der Waals surface area contributed by atoms with E-state index in [1.807, 2.05) is 18.2 Å². The highest BCUT2D eigenvalue weighted by Gasteiger charge is 2.15. The molecule has 0 N–H and O–H groups in total. The van der Waals surface area contributed by atoms with E-state index < -0.39 is 0 Å². The van der Waals surface area contributed by atoms with Gasteiger partial charge in [-0.15, -0.1) is 0 Å². The SMILES string of the molecule is Cc1ccccc1-c1c(C)cccc1-c1ncnc2ccccc12. The molecular formula is C22H18N2. The quantitative estimate of drug-likeness (QED) is 0.483. The average Bonchev–Trinajstić information content (AvgIpc) is 2.62. The number of hydrogen-bond acceptors (Lipinski definition) is 2. The number of fused-ring (bicyclic) bond motifs is 1. The highest BCUT2D eigenvalue weighted by Crippen LogP contribution is 2.37. The van der Waals surface area contributed by atoms with Crippen LogP contribution in [-0.2, 0) is 0 Å². The molecule has 116 valence electrons. The first-order chi connectivity index (χ1) is 11.8. The van der Waals surface area contributed by atoms with Crippen LogP contribution >= 0.6 is 0 Å². The van der Waals surface area contributed by atoms with Gasteiger partial charge in [0.2, 0.25) is 0 Å². The summed E-state index contributed by atoms with van der Waals surface area (Å²) in [5, 5.41) is 1.08. The molecule has 0 atom stereocenters. The topological polar surface area (TPSA) is 25.8 Å². The number of nitrogens with zero attached hydrogens (tertiary/aromatic N) is 2. The van der Waals surface area contributed by atoms with Crippen LogP contribution < -0.4 is 0 Å². The number of aryl methyl sites for hydroxylation is 2. The molecule has 2 heteroatoms. The Bertz CT molecular complexity index is 1030. The lowest BCUT2D eigenvalue weighted by atomic mass is 9.90. The van der Waals surface area contributed by atoms with E-state index in [1.54, 1.807) is 6.33 Å². The van der Waals surface area contributed by atoms with Crippen LogP contribution in [0.4, 0.5) is 0 Å². The van der Waals surface area contributed by atoms with Gasteiger partial charge in [-0.25, -0.2) is 9.97 Å². The maximum Gasteiger partial charge on any atom is 0.116 e. The number of benzene rings is 3. The van der Waals surface area contributed by atoms with Crippen molar-refractivity contribution >= 4 is 10.9 Å². The van der Waals surface area contributed by atoms with E-state index in [2.05, 4.69) is 72.3 Å². The van der Waals surface area contributed by atoms with E-state index in [0.29, 0.717) is 0 Å². The summed E-state index contributed by atoms with van der Waals surface area (Å²) in [6.07, 6.45) is 1.65. The molecule has 0 aliphatic carbocycles. The third-order valence-corrected chi connectivity index (χ3v) is 4.49. The van der Waals surface area contributed by atoms with Gasteiger partial charge < -0.3 is 0 Å². The predicted molar refractivity (Wildman–Crippen MR) is 99.9 cm³/mol. The van der Waals surface area contributed by atoms with E-state index in [4.69, 9.17) is 0 Å². The second kappa shape index (κ2) is 5.89. The molecule has 2 nitrogen and oxygen atoms in total. The van der Waals surface area contributed by atoms with Crippen molar-refractivity contribution in [3.8, 4) is 22.4 Å². The lowest BCUT2D eigenvalue weighted by Gasteiger charge is -2.15. The van der Waals surface area contributed by atoms with Crippen LogP contribution in [0.5, 0.6) is 0 Å². The normalized spacial score (nSPS) is 10.9. The first kappa shape index (κ1) is 14.6. The molecule has 0 amide bonds. The van der Waals surface area contributed by atoms with Gasteiger partial charge in [-0.3, -0.25) is 0 Å². The van der Waals surface area contributed by atoms with Crippen molar-refractivity contribution in [2.24, 2.45) is 0 Å². The van der Waals surface area contributed by atoms with Gasteiger partial charge in [-0.05, 0) is 42.2 Å². The zero-order chi connectivity index (χ0) is 16.5. The lowest BCUT2D eigenvalue weighted by Crippen LogP contribution is -1.95. The summed E-state index contributed by atoms with van der Waals surface area (Å²) in [5.74, 6) is 0. The van der Waals surface area contributed by atoms with Gasteiger partial charge in [0.15, 0.2) is 0 Å². The maximum atomic E-state index is 4.62. The number of rotatable bonds is 2. The Labute approximate surface area is 141 Å². The molecule has 1 aromatic heterocycles. The van der Waals surface area contributed by atoms with Crippen LogP contribution in [0.25, 0.3) is 33.3 Å². The van der Waals surface area contributed by atoms with Gasteiger partial charge >= 0.3 is 0 Å². The van der Waals surface area contributed by atoms with Crippen LogP contribution in [0.2, 0.25) is 0 Å². The molecule has 24 heavy (non-hydrogen) atoms. The van der Waals surface area contributed by atoms with Crippen LogP contribution in [0, 0.1) is 13.8 Å². The largest absolute Gasteiger partial charge is 0.236 e. The van der Waals surface area contributed by atoms with Crippen molar-refractivity contribution in [2.45, 2.75) is 13.8 Å². The van der Waals surface area contributed by atoms with E-state index in [9.17, 15) is 0 Å². The molecule has 0 bridgehead atoms. The molecule has 4 rings (SSSR count). The fourth-order valence-corrected chi connectivity index (χ4v) is 3.30. The summed E-state index contributed by atoms with van der Waals surface area (Å²) in [6, 6.07) is 23.1. The fraction of sp³-hybridized carbons (Fsp3) is 0.0909. The second-order valence-corrected chi connectivity index (χ2v) is 6.05. The first-order valence-electron chi connectivity index (χ1n) is 8.11. The van der Waals surface area contributed by atoms with E-state index in [0.717, 1.165) is 22.2 Å². The van der Waals surface area contributed by atoms with Gasteiger partial charge in [-0.2, -0.15) is 0 Å². The van der Waals surface area contributed by atoms with Gasteiger partial charge in [0.1, 0.15) is 6.33 Å². The van der Waals surface area contributed by atoms with Gasteiger partial charge in [0.25, 0.3) is 0 Å². The van der Waals surface area contributed by atoms with E-state index in [-0.39, 0.29) is 0 Å². The van der Waals surface area contributed by atoms with Crippen LogP contribution in [0.1, 0.15) is 11.1 Å². The van der Waals surface area contributed by atoms with Crippen molar-refractivity contribution < 1.29 is 0 Å². The molecule has 0 radical (unpaired) electrons. The summed E-state index contributed by atoms with van der Waals surface area (Å²) in [5.41, 5.74) is 8.15. The molecule has 0 aliphatic rings. The second-order valence-electron chi connectivity index (χ2n) is 6.05. The Morgan fingerprint density at radius 3 is 2.21 bits per heavy atom. The molecular weight excluding hydrogens is 292 g/mol. The number of hydrogen-bond donors (Lipinski definition) is 0. The van der Waals surface area contributed by atoms with Crippen LogP contribution in [0.15, 0.2) is 73.1 Å². The minimum atomic E-state index is 0.972. The van der Waals surface area contributed by atoms with Crippen molar-refractivity contribution in [1.82, 2.24) is 9.97 Å². The summed E-state index contributed by atoms with van der Waals surface area (Å²) < 4.78 is 0. The van der Waals surface area contributed by atoms with Crippen molar-refractivity contribution in [2.75, 3.05) is 0 Å². The summed E-state index contributed by atoms with van der Waals surface area (Å²) in [6.45, 7) is 4.32. The van der Waals surface area contributed by atoms with E-state index in [1.165, 1.54) is 22.3 Å². The van der Waals surface area contributed by atoms with Crippen LogP contribution in [-0.4, -0.2) is 9.97 Å². The van der Waals surface area contributed by atoms with Crippen molar-refractivity contribution in [1.29, 1.82) is 0 Å². The van der Waals surface area contributed by atoms with E-state index >= 15 is 0 Å². The molecule has 0 spiro atoms. The van der Waals surface area contributed by atoms with Gasteiger partial charge in [0.05, 0.1) is 11.2 Å². The monoisotopic (exact) mass is 310 g/mol. The summed E-state index contributed by atoms with van der Waals surface area (Å²) in [4.78, 5) is 9.02. The maximum absolute atomic E-state index is 4.62. The molecule has 0 saturated carbocycles. The molecule has 1 heterocycles. The smallest absolute Gasteiger partial charge is 0.116 e. The Morgan fingerprint density at radius 1 is 0.625 bits per heavy atom. The number of aromatic nitrogens is 2. The minimum Gasteiger partial charge on any atom is -0.236 e. The molecule has 4 aromatic rings. The third kappa shape index (κ3) is 2.37. The van der Waals surface area contributed by atoms with Gasteiger partial charge in [0, 0.05) is 10.9 Å². The van der Waals surface area contributed by atoms with Gasteiger partial charge in [-0.1, -0.05) is 60.7 Å². The molecule has 0 aliphatic heterocycles. The third-order valence-electron chi connectivity index (χ3n) is 4.49. The first-order valence-corrected chi connectivity index (χ1v) is 8.11. The Kier molecular flexibility index (Phi) is 3.58. The Hall–Kier alpha value is -3.00. The molecule has 0 fully saturated rings. The molecule has 0 saturated heterocycles. The molecule has 0 unspecified atom stereocenters. The summed E-state index contributed by atoms with van der Waals surface area (Å²) >= 11 is 0.